The molecule has 0 saturated carbocycles. The Hall–Kier alpha value is -4.54. The van der Waals surface area contributed by atoms with Crippen molar-refractivity contribution in [1.29, 1.82) is 0 Å². The second-order valence-electron chi connectivity index (χ2n) is 12.3. The molecular formula is C38H28N2OS+2. The normalized spacial score (nSPS) is 18.4. The predicted molar refractivity (Wildman–Crippen MR) is 170 cm³/mol. The Morgan fingerprint density at radius 2 is 1.76 bits per heavy atom. The van der Waals surface area contributed by atoms with Crippen LogP contribution in [-0.4, -0.2) is 0 Å². The fourth-order valence-corrected chi connectivity index (χ4v) is 9.10. The third kappa shape index (κ3) is 2.95. The average Bonchev–Trinajstić information content (AvgIpc) is 3.65. The van der Waals surface area contributed by atoms with Gasteiger partial charge in [-0.2, -0.15) is 9.13 Å². The van der Waals surface area contributed by atoms with Gasteiger partial charge in [0.2, 0.25) is 11.4 Å². The second-order valence-corrected chi connectivity index (χ2v) is 13.5. The highest BCUT2D eigenvalue weighted by Gasteiger charge is 2.52. The largest absolute Gasteiger partial charge is 0.455 e. The summed E-state index contributed by atoms with van der Waals surface area (Å²) in [6.07, 6.45) is 6.60. The topological polar surface area (TPSA) is 20.9 Å². The number of fused-ring (bicyclic) bond motifs is 16. The van der Waals surface area contributed by atoms with Gasteiger partial charge in [-0.15, -0.1) is 11.3 Å². The van der Waals surface area contributed by atoms with Gasteiger partial charge in [0.15, 0.2) is 24.1 Å². The van der Waals surface area contributed by atoms with Gasteiger partial charge in [0, 0.05) is 56.1 Å². The Kier molecular flexibility index (Phi) is 4.42. The number of pyridine rings is 2. The van der Waals surface area contributed by atoms with Gasteiger partial charge in [-0.3, -0.25) is 0 Å². The maximum absolute atomic E-state index is 6.85. The van der Waals surface area contributed by atoms with E-state index in [0.29, 0.717) is 6.04 Å². The van der Waals surface area contributed by atoms with Gasteiger partial charge in [-0.25, -0.2) is 0 Å². The van der Waals surface area contributed by atoms with Gasteiger partial charge in [0.1, 0.15) is 11.2 Å². The molecular weight excluding hydrogens is 532 g/mol. The van der Waals surface area contributed by atoms with Gasteiger partial charge in [-0.1, -0.05) is 30.3 Å². The molecule has 42 heavy (non-hydrogen) atoms. The smallest absolute Gasteiger partial charge is 0.218 e. The van der Waals surface area contributed by atoms with Crippen molar-refractivity contribution in [2.45, 2.75) is 38.6 Å². The van der Waals surface area contributed by atoms with Crippen LogP contribution in [0.2, 0.25) is 0 Å². The van der Waals surface area contributed by atoms with Crippen molar-refractivity contribution in [2.75, 3.05) is 0 Å². The summed E-state index contributed by atoms with van der Waals surface area (Å²) in [6.45, 7) is 4.39. The number of nitrogens with zero attached hydrogens (tertiary/aromatic N) is 2. The Morgan fingerprint density at radius 1 is 0.857 bits per heavy atom. The van der Waals surface area contributed by atoms with Gasteiger partial charge >= 0.3 is 0 Å². The average molecular weight is 561 g/mol. The van der Waals surface area contributed by atoms with E-state index in [1.807, 2.05) is 11.3 Å². The molecule has 3 aromatic carbocycles. The molecule has 10 rings (SSSR count). The van der Waals surface area contributed by atoms with Crippen LogP contribution in [0.1, 0.15) is 39.9 Å². The molecule has 0 saturated heterocycles. The minimum absolute atomic E-state index is 0.282. The standard InChI is InChI=1S/C38H28N2OS/c1-21-10-13-31-37-27(12-11-26-28-17-24-15-22(2)42-35(24)19-34(28)41-38(26)37)36-29-16-23-7-3-4-8-25(23)30-9-5-6-14-39(30)32(29)18-33(36)40(31)20-21/h3-15,17,19-20,33,36H,16,18H2,1-2H3/q+2. The van der Waals surface area contributed by atoms with Gasteiger partial charge in [0.05, 0.1) is 23.5 Å². The van der Waals surface area contributed by atoms with E-state index in [1.54, 1.807) is 0 Å². The molecule has 2 atom stereocenters. The summed E-state index contributed by atoms with van der Waals surface area (Å²) in [5, 5.41) is 3.71. The number of rotatable bonds is 0. The first-order chi connectivity index (χ1) is 20.6. The van der Waals surface area contributed by atoms with Crippen molar-refractivity contribution < 1.29 is 13.6 Å². The number of hydrogen-bond acceptors (Lipinski definition) is 2. The zero-order chi connectivity index (χ0) is 27.7. The van der Waals surface area contributed by atoms with Crippen LogP contribution in [0.15, 0.2) is 107 Å². The fourth-order valence-electron chi connectivity index (χ4n) is 8.17. The SMILES string of the molecule is Cc1ccc2[n+](c1)C1CC3=C(Cc4ccccc4-c4cccc[n+]43)C1c1ccc3c(oc4cc5sc(C)cc5cc43)c1-2. The zero-order valence-electron chi connectivity index (χ0n) is 23.5. The van der Waals surface area contributed by atoms with Gasteiger partial charge in [0.25, 0.3) is 0 Å². The summed E-state index contributed by atoms with van der Waals surface area (Å²) in [4.78, 5) is 1.33. The number of hydrogen-bond donors (Lipinski definition) is 0. The number of aryl methyl sites for hydroxylation is 2. The first-order valence-electron chi connectivity index (χ1n) is 14.8. The number of thiophene rings is 1. The van der Waals surface area contributed by atoms with E-state index in [2.05, 4.69) is 120 Å². The number of allylic oxidation sites excluding steroid dienone is 2. The molecule has 7 aromatic rings. The van der Waals surface area contributed by atoms with Crippen LogP contribution < -0.4 is 9.13 Å². The molecule has 1 aliphatic carbocycles. The zero-order valence-corrected chi connectivity index (χ0v) is 24.3. The molecule has 2 aliphatic heterocycles. The van der Waals surface area contributed by atoms with Crippen LogP contribution in [0.4, 0.5) is 0 Å². The quantitative estimate of drug-likeness (QED) is 0.170. The van der Waals surface area contributed by atoms with Crippen LogP contribution >= 0.6 is 11.3 Å². The number of furan rings is 1. The third-order valence-electron chi connectivity index (χ3n) is 9.87. The second kappa shape index (κ2) is 8.05. The Morgan fingerprint density at radius 3 is 2.71 bits per heavy atom. The van der Waals surface area contributed by atoms with E-state index in [0.717, 1.165) is 24.0 Å². The van der Waals surface area contributed by atoms with E-state index in [9.17, 15) is 0 Å². The maximum atomic E-state index is 6.85. The first-order valence-corrected chi connectivity index (χ1v) is 15.7. The molecule has 3 aliphatic rings. The minimum atomic E-state index is 0.282. The van der Waals surface area contributed by atoms with Crippen molar-refractivity contribution in [2.24, 2.45) is 0 Å². The molecule has 0 spiro atoms. The van der Waals surface area contributed by atoms with E-state index in [-0.39, 0.29) is 5.92 Å². The summed E-state index contributed by atoms with van der Waals surface area (Å²) in [7, 11) is 0. The van der Waals surface area contributed by atoms with Crippen molar-refractivity contribution in [3.05, 3.63) is 124 Å². The van der Waals surface area contributed by atoms with E-state index in [1.165, 1.54) is 76.2 Å². The molecule has 0 bridgehead atoms. The molecule has 0 fully saturated rings. The Labute approximate surface area is 247 Å². The van der Waals surface area contributed by atoms with Crippen LogP contribution in [0.3, 0.4) is 0 Å². The highest BCUT2D eigenvalue weighted by Crippen LogP contribution is 2.54. The number of aromatic nitrogens is 2. The summed E-state index contributed by atoms with van der Waals surface area (Å²) in [5.74, 6) is 0.282. The molecule has 200 valence electrons. The highest BCUT2D eigenvalue weighted by molar-refractivity contribution is 7.19. The van der Waals surface area contributed by atoms with Gasteiger partial charge in [-0.05, 0) is 66.8 Å². The molecule has 0 amide bonds. The molecule has 0 N–H and O–H groups in total. The lowest BCUT2D eigenvalue weighted by molar-refractivity contribution is -0.717. The van der Waals surface area contributed by atoms with Crippen LogP contribution in [0, 0.1) is 13.8 Å². The predicted octanol–water partition coefficient (Wildman–Crippen LogP) is 8.84. The molecule has 4 aromatic heterocycles. The van der Waals surface area contributed by atoms with Gasteiger partial charge < -0.3 is 4.42 Å². The lowest BCUT2D eigenvalue weighted by Crippen LogP contribution is -2.47. The summed E-state index contributed by atoms with van der Waals surface area (Å²) >= 11 is 1.84. The number of benzene rings is 3. The van der Waals surface area contributed by atoms with Crippen molar-refractivity contribution in [1.82, 2.24) is 0 Å². The molecule has 0 radical (unpaired) electrons. The molecule has 2 unspecified atom stereocenters. The first kappa shape index (κ1) is 23.1. The van der Waals surface area contributed by atoms with Crippen molar-refractivity contribution >= 4 is 49.1 Å². The minimum Gasteiger partial charge on any atom is -0.455 e. The summed E-state index contributed by atoms with van der Waals surface area (Å²) < 4.78 is 13.2. The van der Waals surface area contributed by atoms with Crippen LogP contribution in [0.25, 0.3) is 60.2 Å². The van der Waals surface area contributed by atoms with Crippen LogP contribution in [-0.2, 0) is 6.42 Å². The lowest BCUT2D eigenvalue weighted by atomic mass is 9.79. The highest BCUT2D eigenvalue weighted by atomic mass is 32.1. The van der Waals surface area contributed by atoms with E-state index < -0.39 is 0 Å². The third-order valence-corrected chi connectivity index (χ3v) is 10.9. The molecule has 6 heterocycles. The fraction of sp³-hybridized carbons (Fsp3) is 0.158. The summed E-state index contributed by atoms with van der Waals surface area (Å²) in [5.41, 5.74) is 14.2. The van der Waals surface area contributed by atoms with E-state index in [4.69, 9.17) is 4.42 Å². The Balaban J connectivity index is 1.28. The van der Waals surface area contributed by atoms with Crippen LogP contribution in [0.5, 0.6) is 0 Å². The monoisotopic (exact) mass is 560 g/mol. The summed E-state index contributed by atoms with van der Waals surface area (Å²) in [6, 6.07) is 32.1. The Bertz CT molecular complexity index is 2350. The van der Waals surface area contributed by atoms with Crippen molar-refractivity contribution in [3.63, 3.8) is 0 Å². The van der Waals surface area contributed by atoms with Crippen molar-refractivity contribution in [3.8, 4) is 22.5 Å². The lowest BCUT2D eigenvalue weighted by Gasteiger charge is -2.27. The molecule has 3 nitrogen and oxygen atoms in total. The van der Waals surface area contributed by atoms with E-state index >= 15 is 0 Å². The molecule has 4 heteroatoms. The maximum Gasteiger partial charge on any atom is 0.218 e.